The summed E-state index contributed by atoms with van der Waals surface area (Å²) in [7, 11) is 1.58. The molecule has 2 atom stereocenters. The second-order valence-corrected chi connectivity index (χ2v) is 6.49. The van der Waals surface area contributed by atoms with Crippen molar-refractivity contribution in [2.75, 3.05) is 25.6 Å². The molecule has 0 radical (unpaired) electrons. The lowest BCUT2D eigenvalue weighted by atomic mass is 10.1. The Morgan fingerprint density at radius 2 is 2.00 bits per heavy atom. The standard InChI is InChI=1S/C21H21N3O5/c1-22-15-5-7-16(8-6-15)23-20(26)18(25)19-21(27)24(11-12-29-19)13-14-3-9-17(28-2)10-4-14/h3-10,18-19,25H,11-13H2,2H3,(H,23,26)/t18-,19-/m1/s1. The first-order valence-electron chi connectivity index (χ1n) is 9.01. The summed E-state index contributed by atoms with van der Waals surface area (Å²) in [5, 5.41) is 12.9. The summed E-state index contributed by atoms with van der Waals surface area (Å²) >= 11 is 0. The lowest BCUT2D eigenvalue weighted by Gasteiger charge is -2.34. The number of aliphatic hydroxyl groups excluding tert-OH is 1. The number of anilines is 1. The molecule has 1 aliphatic heterocycles. The van der Waals surface area contributed by atoms with Gasteiger partial charge in [-0.2, -0.15) is 0 Å². The number of carbonyl (C=O) groups is 2. The number of amides is 2. The van der Waals surface area contributed by atoms with Crippen LogP contribution in [0.4, 0.5) is 11.4 Å². The topological polar surface area (TPSA) is 92.5 Å². The molecule has 1 aliphatic rings. The van der Waals surface area contributed by atoms with Gasteiger partial charge < -0.3 is 24.8 Å². The highest BCUT2D eigenvalue weighted by Gasteiger charge is 2.38. The van der Waals surface area contributed by atoms with Crippen molar-refractivity contribution in [2.24, 2.45) is 0 Å². The van der Waals surface area contributed by atoms with Crippen LogP contribution in [0, 0.1) is 6.57 Å². The van der Waals surface area contributed by atoms with E-state index >= 15 is 0 Å². The molecule has 2 aromatic carbocycles. The van der Waals surface area contributed by atoms with E-state index in [-0.39, 0.29) is 6.61 Å². The molecular formula is C21H21N3O5. The van der Waals surface area contributed by atoms with E-state index in [1.807, 2.05) is 12.1 Å². The zero-order valence-corrected chi connectivity index (χ0v) is 15.9. The molecule has 0 spiro atoms. The van der Waals surface area contributed by atoms with Crippen LogP contribution in [0.3, 0.4) is 0 Å². The molecule has 0 aromatic heterocycles. The van der Waals surface area contributed by atoms with Gasteiger partial charge in [0.05, 0.1) is 20.3 Å². The number of hydrogen-bond donors (Lipinski definition) is 2. The molecule has 2 N–H and O–H groups in total. The molecule has 2 amide bonds. The summed E-state index contributed by atoms with van der Waals surface area (Å²) in [6.07, 6.45) is -2.92. The Balaban J connectivity index is 1.63. The second-order valence-electron chi connectivity index (χ2n) is 6.49. The van der Waals surface area contributed by atoms with Gasteiger partial charge in [0.1, 0.15) is 5.75 Å². The van der Waals surface area contributed by atoms with Crippen LogP contribution in [0.5, 0.6) is 5.75 Å². The van der Waals surface area contributed by atoms with Gasteiger partial charge in [-0.1, -0.05) is 24.3 Å². The van der Waals surface area contributed by atoms with Crippen molar-refractivity contribution < 1.29 is 24.2 Å². The van der Waals surface area contributed by atoms with Gasteiger partial charge in [0.25, 0.3) is 11.8 Å². The van der Waals surface area contributed by atoms with Crippen LogP contribution in [0.15, 0.2) is 48.5 Å². The third-order valence-electron chi connectivity index (χ3n) is 4.57. The van der Waals surface area contributed by atoms with Crippen LogP contribution in [0.2, 0.25) is 0 Å². The molecule has 8 heteroatoms. The van der Waals surface area contributed by atoms with E-state index in [1.54, 1.807) is 48.4 Å². The van der Waals surface area contributed by atoms with Gasteiger partial charge in [0.15, 0.2) is 17.9 Å². The second kappa shape index (κ2) is 9.19. The normalized spacial score (nSPS) is 17.3. The van der Waals surface area contributed by atoms with Crippen LogP contribution >= 0.6 is 0 Å². The Labute approximate surface area is 168 Å². The quantitative estimate of drug-likeness (QED) is 0.730. The third-order valence-corrected chi connectivity index (χ3v) is 4.57. The van der Waals surface area contributed by atoms with E-state index in [1.165, 1.54) is 0 Å². The number of aliphatic hydroxyl groups is 1. The highest BCUT2D eigenvalue weighted by atomic mass is 16.5. The molecule has 1 fully saturated rings. The number of hydrogen-bond acceptors (Lipinski definition) is 5. The number of methoxy groups -OCH3 is 1. The third kappa shape index (κ3) is 4.90. The number of morpholine rings is 1. The van der Waals surface area contributed by atoms with Crippen molar-refractivity contribution in [3.63, 3.8) is 0 Å². The summed E-state index contributed by atoms with van der Waals surface area (Å²) in [6.45, 7) is 7.86. The summed E-state index contributed by atoms with van der Waals surface area (Å²) in [6, 6.07) is 13.5. The predicted octanol–water partition coefficient (Wildman–Crippen LogP) is 1.97. The van der Waals surface area contributed by atoms with E-state index in [4.69, 9.17) is 16.0 Å². The molecular weight excluding hydrogens is 374 g/mol. The average molecular weight is 395 g/mol. The van der Waals surface area contributed by atoms with E-state index in [0.29, 0.717) is 24.5 Å². The number of benzene rings is 2. The van der Waals surface area contributed by atoms with Gasteiger partial charge in [-0.05, 0) is 29.8 Å². The molecule has 0 unspecified atom stereocenters. The minimum absolute atomic E-state index is 0.219. The first-order valence-corrected chi connectivity index (χ1v) is 9.01. The van der Waals surface area contributed by atoms with Gasteiger partial charge in [0.2, 0.25) is 0 Å². The SMILES string of the molecule is [C-]#[N+]c1ccc(NC(=O)[C@H](O)[C@H]2OCCN(Cc3ccc(OC)cc3)C2=O)cc1. The van der Waals surface area contributed by atoms with Gasteiger partial charge in [-0.3, -0.25) is 9.59 Å². The maximum absolute atomic E-state index is 12.7. The van der Waals surface area contributed by atoms with Crippen molar-refractivity contribution in [3.8, 4) is 5.75 Å². The van der Waals surface area contributed by atoms with Crippen LogP contribution < -0.4 is 10.1 Å². The Hall–Kier alpha value is -3.41. The van der Waals surface area contributed by atoms with Crippen LogP contribution in [0.1, 0.15) is 5.56 Å². The van der Waals surface area contributed by atoms with E-state index < -0.39 is 24.0 Å². The molecule has 0 saturated carbocycles. The van der Waals surface area contributed by atoms with Gasteiger partial charge in [-0.25, -0.2) is 4.85 Å². The molecule has 29 heavy (non-hydrogen) atoms. The maximum Gasteiger partial charge on any atom is 0.256 e. The van der Waals surface area contributed by atoms with E-state index in [2.05, 4.69) is 10.2 Å². The zero-order chi connectivity index (χ0) is 20.8. The number of carbonyl (C=O) groups excluding carboxylic acids is 2. The first kappa shape index (κ1) is 20.3. The molecule has 150 valence electrons. The zero-order valence-electron chi connectivity index (χ0n) is 15.9. The lowest BCUT2D eigenvalue weighted by Crippen LogP contribution is -2.54. The fourth-order valence-corrected chi connectivity index (χ4v) is 2.96. The van der Waals surface area contributed by atoms with Gasteiger partial charge >= 0.3 is 0 Å². The lowest BCUT2D eigenvalue weighted by molar-refractivity contribution is -0.166. The highest BCUT2D eigenvalue weighted by Crippen LogP contribution is 2.19. The molecule has 0 bridgehead atoms. The van der Waals surface area contributed by atoms with Gasteiger partial charge in [-0.15, -0.1) is 0 Å². The van der Waals surface area contributed by atoms with Crippen LogP contribution in [-0.4, -0.2) is 54.3 Å². The van der Waals surface area contributed by atoms with Crippen LogP contribution in [0.25, 0.3) is 4.85 Å². The molecule has 1 heterocycles. The molecule has 0 aliphatic carbocycles. The minimum atomic E-state index is -1.65. The van der Waals surface area contributed by atoms with Crippen molar-refractivity contribution in [1.29, 1.82) is 0 Å². The van der Waals surface area contributed by atoms with E-state index in [9.17, 15) is 14.7 Å². The van der Waals surface area contributed by atoms with Crippen LogP contribution in [-0.2, 0) is 20.9 Å². The summed E-state index contributed by atoms with van der Waals surface area (Å²) in [5.74, 6) is -0.472. The molecule has 8 nitrogen and oxygen atoms in total. The first-order chi connectivity index (χ1) is 14.0. The highest BCUT2D eigenvalue weighted by molar-refractivity contribution is 5.98. The fourth-order valence-electron chi connectivity index (χ4n) is 2.96. The summed E-state index contributed by atoms with van der Waals surface area (Å²) in [4.78, 5) is 29.9. The average Bonchev–Trinajstić information content (AvgIpc) is 2.75. The van der Waals surface area contributed by atoms with Gasteiger partial charge in [0, 0.05) is 18.8 Å². The Morgan fingerprint density at radius 3 is 2.62 bits per heavy atom. The van der Waals surface area contributed by atoms with Crippen molar-refractivity contribution >= 4 is 23.2 Å². The number of nitrogens with zero attached hydrogens (tertiary/aromatic N) is 2. The Kier molecular flexibility index (Phi) is 6.44. The minimum Gasteiger partial charge on any atom is -0.497 e. The monoisotopic (exact) mass is 395 g/mol. The largest absolute Gasteiger partial charge is 0.497 e. The summed E-state index contributed by atoms with van der Waals surface area (Å²) in [5.41, 5.74) is 1.75. The number of ether oxygens (including phenoxy) is 2. The van der Waals surface area contributed by atoms with E-state index in [0.717, 1.165) is 11.3 Å². The fraction of sp³-hybridized carbons (Fsp3) is 0.286. The van der Waals surface area contributed by atoms with Crippen molar-refractivity contribution in [2.45, 2.75) is 18.8 Å². The Morgan fingerprint density at radius 1 is 1.31 bits per heavy atom. The Bertz CT molecular complexity index is 905. The van der Waals surface area contributed by atoms with Crippen molar-refractivity contribution in [3.05, 3.63) is 65.5 Å². The summed E-state index contributed by atoms with van der Waals surface area (Å²) < 4.78 is 10.5. The maximum atomic E-state index is 12.7. The molecule has 1 saturated heterocycles. The number of rotatable bonds is 6. The van der Waals surface area contributed by atoms with Crippen molar-refractivity contribution in [1.82, 2.24) is 4.90 Å². The molecule has 3 rings (SSSR count). The molecule has 2 aromatic rings. The predicted molar refractivity (Wildman–Crippen MR) is 105 cm³/mol. The number of nitrogens with one attached hydrogen (secondary N) is 1. The smallest absolute Gasteiger partial charge is 0.256 e.